The SMILES string of the molecule is Cc1ncnc(C)c1C(=O)N1CC2CN(CCC3(c4ccccc4)CCN(CC(C)(C)C=O)C3)CC2C1. The predicted molar refractivity (Wildman–Crippen MR) is 144 cm³/mol. The third-order valence-electron chi connectivity index (χ3n) is 8.97. The number of amides is 1. The summed E-state index contributed by atoms with van der Waals surface area (Å²) in [5.74, 6) is 1.16. The standard InChI is InChI=1S/C30H41N5O2/c1-22-27(23(2)32-21-31-22)28(37)35-16-24-14-33(15-25(24)17-35)12-10-30(26-8-6-5-7-9-26)11-13-34(19-30)18-29(3,4)20-36/h5-9,20-21,24-25H,10-19H2,1-4H3. The van der Waals surface area contributed by atoms with Gasteiger partial charge in [-0.1, -0.05) is 44.2 Å². The van der Waals surface area contributed by atoms with Crippen molar-refractivity contribution in [3.63, 3.8) is 0 Å². The molecule has 0 bridgehead atoms. The highest BCUT2D eigenvalue weighted by atomic mass is 16.2. The fraction of sp³-hybridized carbons (Fsp3) is 0.600. The van der Waals surface area contributed by atoms with E-state index in [1.54, 1.807) is 0 Å². The smallest absolute Gasteiger partial charge is 0.257 e. The minimum Gasteiger partial charge on any atom is -0.338 e. The van der Waals surface area contributed by atoms with Crippen molar-refractivity contribution in [1.29, 1.82) is 0 Å². The molecule has 3 unspecified atom stereocenters. The van der Waals surface area contributed by atoms with E-state index in [0.717, 1.165) is 82.9 Å². The Morgan fingerprint density at radius 3 is 2.30 bits per heavy atom. The molecule has 1 aromatic heterocycles. The van der Waals surface area contributed by atoms with Crippen LogP contribution in [0.4, 0.5) is 0 Å². The average Bonchev–Trinajstić information content (AvgIpc) is 3.57. The van der Waals surface area contributed by atoms with Crippen LogP contribution in [0.15, 0.2) is 36.7 Å². The molecule has 7 heteroatoms. The number of likely N-dealkylation sites (tertiary alicyclic amines) is 3. The van der Waals surface area contributed by atoms with Crippen LogP contribution in [-0.2, 0) is 10.2 Å². The van der Waals surface area contributed by atoms with Gasteiger partial charge in [-0.15, -0.1) is 0 Å². The maximum absolute atomic E-state index is 13.3. The highest BCUT2D eigenvalue weighted by Gasteiger charge is 2.44. The minimum atomic E-state index is -0.314. The van der Waals surface area contributed by atoms with Crippen molar-refractivity contribution in [3.05, 3.63) is 59.2 Å². The van der Waals surface area contributed by atoms with Crippen LogP contribution < -0.4 is 0 Å². The molecular formula is C30H41N5O2. The van der Waals surface area contributed by atoms with Gasteiger partial charge in [0.15, 0.2) is 0 Å². The number of carbonyl (C=O) groups is 2. The first-order valence-corrected chi connectivity index (χ1v) is 13.7. The second-order valence-electron chi connectivity index (χ2n) is 12.4. The molecule has 0 aliphatic carbocycles. The van der Waals surface area contributed by atoms with Crippen LogP contribution in [0.25, 0.3) is 0 Å². The molecule has 3 saturated heterocycles. The van der Waals surface area contributed by atoms with Crippen LogP contribution in [-0.4, -0.2) is 89.2 Å². The summed E-state index contributed by atoms with van der Waals surface area (Å²) >= 11 is 0. The number of rotatable bonds is 8. The number of aldehydes is 1. The second-order valence-corrected chi connectivity index (χ2v) is 12.4. The molecule has 1 aromatic carbocycles. The van der Waals surface area contributed by atoms with E-state index in [1.807, 2.05) is 32.6 Å². The van der Waals surface area contributed by atoms with Gasteiger partial charge in [0, 0.05) is 50.1 Å². The molecule has 0 spiro atoms. The Labute approximate surface area is 221 Å². The predicted octanol–water partition coefficient (Wildman–Crippen LogP) is 3.36. The normalized spacial score (nSPS) is 26.5. The van der Waals surface area contributed by atoms with E-state index < -0.39 is 0 Å². The largest absolute Gasteiger partial charge is 0.338 e. The van der Waals surface area contributed by atoms with Gasteiger partial charge in [0.2, 0.25) is 0 Å². The molecule has 37 heavy (non-hydrogen) atoms. The minimum absolute atomic E-state index is 0.0869. The van der Waals surface area contributed by atoms with Gasteiger partial charge in [-0.25, -0.2) is 9.97 Å². The van der Waals surface area contributed by atoms with E-state index in [2.05, 4.69) is 50.1 Å². The molecule has 0 saturated carbocycles. The molecule has 1 amide bonds. The third-order valence-corrected chi connectivity index (χ3v) is 8.97. The van der Waals surface area contributed by atoms with Gasteiger partial charge in [-0.3, -0.25) is 4.79 Å². The molecule has 2 aromatic rings. The second kappa shape index (κ2) is 10.3. The zero-order valence-electron chi connectivity index (χ0n) is 22.8. The van der Waals surface area contributed by atoms with Crippen molar-refractivity contribution in [3.8, 4) is 0 Å². The summed E-state index contributed by atoms with van der Waals surface area (Å²) < 4.78 is 0. The highest BCUT2D eigenvalue weighted by molar-refractivity contribution is 5.96. The molecular weight excluding hydrogens is 462 g/mol. The van der Waals surface area contributed by atoms with E-state index >= 15 is 0 Å². The highest BCUT2D eigenvalue weighted by Crippen LogP contribution is 2.40. The van der Waals surface area contributed by atoms with Crippen molar-refractivity contribution >= 4 is 12.2 Å². The number of carbonyl (C=O) groups excluding carboxylic acids is 2. The first kappa shape index (κ1) is 26.0. The van der Waals surface area contributed by atoms with Crippen LogP contribution in [0.1, 0.15) is 54.0 Å². The summed E-state index contributed by atoms with van der Waals surface area (Å²) in [5.41, 5.74) is 3.45. The molecule has 7 nitrogen and oxygen atoms in total. The zero-order chi connectivity index (χ0) is 26.2. The number of aryl methyl sites for hydroxylation is 2. The molecule has 3 aliphatic heterocycles. The molecule has 3 aliphatic rings. The lowest BCUT2D eigenvalue weighted by atomic mass is 9.76. The van der Waals surface area contributed by atoms with E-state index in [-0.39, 0.29) is 16.7 Å². The van der Waals surface area contributed by atoms with Gasteiger partial charge in [0.1, 0.15) is 12.6 Å². The number of hydrogen-bond acceptors (Lipinski definition) is 6. The van der Waals surface area contributed by atoms with E-state index in [4.69, 9.17) is 0 Å². The summed E-state index contributed by atoms with van der Waals surface area (Å²) in [4.78, 5) is 40.5. The van der Waals surface area contributed by atoms with Crippen LogP contribution in [0.5, 0.6) is 0 Å². The molecule has 198 valence electrons. The van der Waals surface area contributed by atoms with Crippen LogP contribution in [0.3, 0.4) is 0 Å². The molecule has 0 radical (unpaired) electrons. The maximum atomic E-state index is 13.3. The first-order chi connectivity index (χ1) is 17.7. The summed E-state index contributed by atoms with van der Waals surface area (Å²) in [5, 5.41) is 0. The Hall–Kier alpha value is -2.64. The summed E-state index contributed by atoms with van der Waals surface area (Å²) in [6.07, 6.45) is 4.89. The van der Waals surface area contributed by atoms with Crippen LogP contribution >= 0.6 is 0 Å². The quantitative estimate of drug-likeness (QED) is 0.515. The Bertz CT molecular complexity index is 1100. The lowest BCUT2D eigenvalue weighted by molar-refractivity contribution is -0.115. The summed E-state index contributed by atoms with van der Waals surface area (Å²) in [7, 11) is 0. The van der Waals surface area contributed by atoms with Gasteiger partial charge >= 0.3 is 0 Å². The van der Waals surface area contributed by atoms with Crippen molar-refractivity contribution in [2.24, 2.45) is 17.3 Å². The molecule has 3 atom stereocenters. The fourth-order valence-corrected chi connectivity index (χ4v) is 6.95. The van der Waals surface area contributed by atoms with Crippen LogP contribution in [0, 0.1) is 31.1 Å². The molecule has 5 rings (SSSR count). The lowest BCUT2D eigenvalue weighted by Crippen LogP contribution is -2.39. The van der Waals surface area contributed by atoms with Crippen molar-refractivity contribution in [2.75, 3.05) is 52.4 Å². The molecule has 0 N–H and O–H groups in total. The fourth-order valence-electron chi connectivity index (χ4n) is 6.95. The Morgan fingerprint density at radius 2 is 1.68 bits per heavy atom. The lowest BCUT2D eigenvalue weighted by Gasteiger charge is -2.33. The Kier molecular flexibility index (Phi) is 7.20. The van der Waals surface area contributed by atoms with Gasteiger partial charge in [-0.05, 0) is 57.2 Å². The molecule has 3 fully saturated rings. The topological polar surface area (TPSA) is 69.6 Å². The Balaban J connectivity index is 1.21. The first-order valence-electron chi connectivity index (χ1n) is 13.7. The zero-order valence-corrected chi connectivity index (χ0v) is 22.8. The van der Waals surface area contributed by atoms with Crippen molar-refractivity contribution in [1.82, 2.24) is 24.7 Å². The average molecular weight is 504 g/mol. The van der Waals surface area contributed by atoms with E-state index in [1.165, 1.54) is 11.9 Å². The monoisotopic (exact) mass is 503 g/mol. The maximum Gasteiger partial charge on any atom is 0.257 e. The van der Waals surface area contributed by atoms with Gasteiger partial charge in [0.25, 0.3) is 5.91 Å². The van der Waals surface area contributed by atoms with Crippen molar-refractivity contribution < 1.29 is 9.59 Å². The summed E-state index contributed by atoms with van der Waals surface area (Å²) in [6.45, 7) is 15.6. The number of fused-ring (bicyclic) bond motifs is 1. The number of nitrogens with zero attached hydrogens (tertiary/aromatic N) is 5. The number of benzene rings is 1. The van der Waals surface area contributed by atoms with Gasteiger partial charge < -0.3 is 19.5 Å². The third kappa shape index (κ3) is 5.34. The van der Waals surface area contributed by atoms with Gasteiger partial charge in [-0.2, -0.15) is 0 Å². The van der Waals surface area contributed by atoms with Crippen LogP contribution in [0.2, 0.25) is 0 Å². The van der Waals surface area contributed by atoms with E-state index in [9.17, 15) is 9.59 Å². The van der Waals surface area contributed by atoms with Gasteiger partial charge in [0.05, 0.1) is 17.0 Å². The summed E-state index contributed by atoms with van der Waals surface area (Å²) in [6, 6.07) is 11.0. The Morgan fingerprint density at radius 1 is 1.03 bits per heavy atom. The van der Waals surface area contributed by atoms with E-state index in [0.29, 0.717) is 17.4 Å². The molecule has 4 heterocycles. The number of aromatic nitrogens is 2. The number of hydrogen-bond donors (Lipinski definition) is 0. The van der Waals surface area contributed by atoms with Crippen molar-refractivity contribution in [2.45, 2.75) is 46.0 Å².